The molecule has 2 spiro atoms. The van der Waals surface area contributed by atoms with Gasteiger partial charge in [-0.05, 0) is 130 Å². The van der Waals surface area contributed by atoms with E-state index < -0.39 is 53.7 Å². The van der Waals surface area contributed by atoms with Gasteiger partial charge in [0.2, 0.25) is 0 Å². The third kappa shape index (κ3) is 8.11. The number of piperidine rings is 2. The molecule has 0 amide bonds. The van der Waals surface area contributed by atoms with Crippen LogP contribution in [-0.2, 0) is 33.1 Å². The first kappa shape index (κ1) is 49.8. The molecule has 4 bridgehead atoms. The van der Waals surface area contributed by atoms with Crippen molar-refractivity contribution in [1.29, 1.82) is 0 Å². The number of nitrogens with zero attached hydrogens (tertiary/aromatic N) is 6. The maximum atomic E-state index is 13.1. The second-order valence-corrected chi connectivity index (χ2v) is 20.6. The summed E-state index contributed by atoms with van der Waals surface area (Å²) in [6.45, 7) is 6.54. The molecule has 17 heteroatoms. The van der Waals surface area contributed by atoms with E-state index in [9.17, 15) is 19.2 Å². The second kappa shape index (κ2) is 19.8. The van der Waals surface area contributed by atoms with Gasteiger partial charge in [0.05, 0.1) is 22.3 Å². The number of likely N-dealkylation sites (tertiary alicyclic amines) is 2. The van der Waals surface area contributed by atoms with Gasteiger partial charge in [-0.25, -0.2) is 19.2 Å². The van der Waals surface area contributed by atoms with Gasteiger partial charge in [0.25, 0.3) is 0 Å². The summed E-state index contributed by atoms with van der Waals surface area (Å²) in [5.41, 5.74) is 5.26. The van der Waals surface area contributed by atoms with Gasteiger partial charge >= 0.3 is 23.9 Å². The normalized spacial score (nSPS) is 27.8. The van der Waals surface area contributed by atoms with Gasteiger partial charge in [0.1, 0.15) is 12.2 Å². The fraction of sp³-hybridized carbons (Fsp3) is 0.300. The van der Waals surface area contributed by atoms with E-state index in [1.807, 2.05) is 36.4 Å². The summed E-state index contributed by atoms with van der Waals surface area (Å²) in [5.74, 6) is 0.364. The Kier molecular flexibility index (Phi) is 12.8. The lowest BCUT2D eigenvalue weighted by molar-refractivity contribution is -0.0582. The molecule has 0 unspecified atom stereocenters. The molecule has 0 saturated carbocycles. The van der Waals surface area contributed by atoms with Crippen molar-refractivity contribution in [2.45, 2.75) is 73.0 Å². The van der Waals surface area contributed by atoms with Gasteiger partial charge in [-0.2, -0.15) is 0 Å². The molecule has 8 aliphatic rings. The van der Waals surface area contributed by atoms with Crippen LogP contribution in [0.25, 0.3) is 0 Å². The first-order valence-corrected chi connectivity index (χ1v) is 25.7. The van der Waals surface area contributed by atoms with Crippen LogP contribution in [0.5, 0.6) is 23.0 Å². The lowest BCUT2D eigenvalue weighted by Crippen LogP contribution is -2.65. The van der Waals surface area contributed by atoms with E-state index in [2.05, 4.69) is 61.6 Å². The average molecular weight is 1050 g/mol. The molecular weight excluding hydrogens is 1000 g/mol. The number of pyridine rings is 4. The topological polar surface area (TPSA) is 182 Å². The highest BCUT2D eigenvalue weighted by atomic mass is 35.5. The van der Waals surface area contributed by atoms with Crippen LogP contribution >= 0.6 is 12.4 Å². The molecule has 2 fully saturated rings. The third-order valence-electron chi connectivity index (χ3n) is 16.9. The molecule has 4 aromatic heterocycles. The molecule has 4 aliphatic carbocycles. The van der Waals surface area contributed by atoms with Crippen molar-refractivity contribution in [2.24, 2.45) is 11.8 Å². The minimum absolute atomic E-state index is 0. The number of aromatic nitrogens is 4. The lowest BCUT2D eigenvalue weighted by atomic mass is 9.53. The number of likely N-dealkylation sites (N-methyl/N-ethyl adjacent to an activating group) is 1. The monoisotopic (exact) mass is 1050 g/mol. The SMILES string of the molecule is C=CCN1CC[C@]23c4c5ccc(OC(=O)c6cccnc6)c4O[C@H]2[C@@H](OC(=O)c2cccnc2)C=C[C@H]3[C@H]1C5.CN1CC[C@]23c4c5ccc(OC(=O)c6cccnc6)c4O[C@H]2[C@@H](OC(=O)c2cccnc2)C=C[C@H]3[C@H]1C5.Cl. The molecule has 2 saturated heterocycles. The molecule has 16 nitrogen and oxygen atoms in total. The number of esters is 4. The average Bonchev–Trinajstić information content (AvgIpc) is 4.10. The van der Waals surface area contributed by atoms with Crippen molar-refractivity contribution in [3.8, 4) is 23.0 Å². The Labute approximate surface area is 450 Å². The maximum Gasteiger partial charge on any atom is 0.345 e. The van der Waals surface area contributed by atoms with Gasteiger partial charge in [-0.1, -0.05) is 30.4 Å². The summed E-state index contributed by atoms with van der Waals surface area (Å²) in [4.78, 5) is 73.0. The summed E-state index contributed by atoms with van der Waals surface area (Å²) in [6.07, 6.45) is 24.0. The minimum Gasteiger partial charge on any atom is -0.481 e. The number of ether oxygens (including phenoxy) is 6. The van der Waals surface area contributed by atoms with E-state index in [4.69, 9.17) is 28.4 Å². The van der Waals surface area contributed by atoms with Gasteiger partial charge in [0, 0.05) is 102 Å². The molecule has 0 radical (unpaired) electrons. The standard InChI is InChI=1S/C31H27N3O5.C29H25N3O5.ClH/c1-2-14-34-15-11-31-22-8-10-25(38-30(36)21-6-4-13-33-18-21)28(31)39-27-24(9-7-19(26(27)31)16-23(22)34)37-29(35)20-5-3-12-32-17-20;1-32-13-10-29-20-7-9-23(36-28(34)19-5-3-12-31-16-19)26(29)37-25-22(8-6-17(24(25)29)14-21(20)32)35-27(33)18-4-2-11-30-15-18;/h2-10,12-13,17-18,22-23,25,28H,1,11,14-16H2;2-9,11-12,15-16,20-21,23,26H,10,13-14H2,1H3;1H/t22-,23+,25-,28-,31-;20-,21+,23-,26-,29-;/m00./s1. The zero-order valence-corrected chi connectivity index (χ0v) is 42.7. The lowest BCUT2D eigenvalue weighted by Gasteiger charge is -2.57. The van der Waals surface area contributed by atoms with Gasteiger partial charge in [-0.15, -0.1) is 19.0 Å². The maximum absolute atomic E-state index is 13.1. The Morgan fingerprint density at radius 1 is 0.597 bits per heavy atom. The number of benzene rings is 2. The molecule has 10 atom stereocenters. The van der Waals surface area contributed by atoms with Crippen LogP contribution in [0.4, 0.5) is 0 Å². The third-order valence-corrected chi connectivity index (χ3v) is 16.9. The summed E-state index contributed by atoms with van der Waals surface area (Å²) < 4.78 is 37.2. The highest BCUT2D eigenvalue weighted by Crippen LogP contribution is 2.64. The smallest absolute Gasteiger partial charge is 0.345 e. The fourth-order valence-corrected chi connectivity index (χ4v) is 13.7. The van der Waals surface area contributed by atoms with Crippen molar-refractivity contribution in [2.75, 3.05) is 26.7 Å². The Morgan fingerprint density at radius 2 is 1.03 bits per heavy atom. The zero-order valence-electron chi connectivity index (χ0n) is 41.9. The molecule has 8 heterocycles. The highest BCUT2D eigenvalue weighted by molar-refractivity contribution is 5.92. The van der Waals surface area contributed by atoms with E-state index in [1.165, 1.54) is 35.9 Å². The molecule has 4 aliphatic heterocycles. The first-order chi connectivity index (χ1) is 37.2. The molecule has 6 aromatic rings. The Hall–Kier alpha value is -8.05. The van der Waals surface area contributed by atoms with E-state index in [-0.39, 0.29) is 35.7 Å². The number of hydrogen-bond donors (Lipinski definition) is 0. The van der Waals surface area contributed by atoms with Crippen molar-refractivity contribution >= 4 is 36.3 Å². The van der Waals surface area contributed by atoms with Crippen LogP contribution < -0.4 is 18.9 Å². The number of rotatable bonds is 10. The highest BCUT2D eigenvalue weighted by Gasteiger charge is 2.67. The van der Waals surface area contributed by atoms with Crippen LogP contribution in [0.15, 0.2) is 159 Å². The van der Waals surface area contributed by atoms with E-state index in [0.717, 1.165) is 56.4 Å². The van der Waals surface area contributed by atoms with Crippen molar-refractivity contribution < 1.29 is 47.6 Å². The molecular formula is C60H53ClN6O10. The molecule has 2 aromatic carbocycles. The van der Waals surface area contributed by atoms with Crippen LogP contribution in [-0.4, -0.2) is 117 Å². The molecule has 14 rings (SSSR count). The fourth-order valence-electron chi connectivity index (χ4n) is 13.7. The largest absolute Gasteiger partial charge is 0.481 e. The van der Waals surface area contributed by atoms with Gasteiger partial charge in [0.15, 0.2) is 35.2 Å². The number of hydrogen-bond acceptors (Lipinski definition) is 16. The predicted molar refractivity (Wildman–Crippen MR) is 281 cm³/mol. The Bertz CT molecular complexity index is 3370. The summed E-state index contributed by atoms with van der Waals surface area (Å²) in [6, 6.07) is 21.8. The van der Waals surface area contributed by atoms with E-state index in [0.29, 0.717) is 51.3 Å². The van der Waals surface area contributed by atoms with Crippen LogP contribution in [0.2, 0.25) is 0 Å². The number of halogens is 1. The van der Waals surface area contributed by atoms with Crippen molar-refractivity contribution in [3.63, 3.8) is 0 Å². The summed E-state index contributed by atoms with van der Waals surface area (Å²) >= 11 is 0. The molecule has 77 heavy (non-hydrogen) atoms. The first-order valence-electron chi connectivity index (χ1n) is 25.7. The van der Waals surface area contributed by atoms with Crippen molar-refractivity contribution in [1.82, 2.24) is 29.7 Å². The van der Waals surface area contributed by atoms with E-state index in [1.54, 1.807) is 73.3 Å². The number of carbonyl (C=O) groups excluding carboxylic acids is 4. The van der Waals surface area contributed by atoms with E-state index >= 15 is 0 Å². The van der Waals surface area contributed by atoms with Gasteiger partial charge in [-0.3, -0.25) is 24.8 Å². The van der Waals surface area contributed by atoms with Crippen LogP contribution in [0, 0.1) is 11.8 Å². The molecule has 0 N–H and O–H groups in total. The second-order valence-electron chi connectivity index (χ2n) is 20.6. The number of carbonyl (C=O) groups is 4. The minimum atomic E-state index is -0.610. The zero-order chi connectivity index (χ0) is 51.7. The Balaban J connectivity index is 0.000000153. The van der Waals surface area contributed by atoms with Crippen LogP contribution in [0.1, 0.15) is 76.5 Å². The quantitative estimate of drug-likeness (QED) is 0.0738. The summed E-state index contributed by atoms with van der Waals surface area (Å²) in [7, 11) is 2.17. The van der Waals surface area contributed by atoms with Crippen LogP contribution in [0.3, 0.4) is 0 Å². The van der Waals surface area contributed by atoms with Crippen molar-refractivity contribution in [3.05, 3.63) is 204 Å². The predicted octanol–water partition coefficient (Wildman–Crippen LogP) is 7.71. The summed E-state index contributed by atoms with van der Waals surface area (Å²) in [5, 5.41) is 0. The Morgan fingerprint density at radius 3 is 1.47 bits per heavy atom. The molecule has 390 valence electrons. The van der Waals surface area contributed by atoms with Gasteiger partial charge < -0.3 is 33.3 Å².